The van der Waals surface area contributed by atoms with Crippen LogP contribution in [0.2, 0.25) is 0 Å². The number of benzene rings is 2. The van der Waals surface area contributed by atoms with Crippen molar-refractivity contribution in [1.82, 2.24) is 4.90 Å². The SMILES string of the molecule is CC(C)N(CCOc1cccc2cc(C(=O)Nc3ccccc3N)oc12)C(C)C. The number of anilines is 2. The summed E-state index contributed by atoms with van der Waals surface area (Å²) in [5.41, 5.74) is 7.52. The van der Waals surface area contributed by atoms with E-state index in [0.29, 0.717) is 41.4 Å². The van der Waals surface area contributed by atoms with Gasteiger partial charge in [-0.05, 0) is 52.0 Å². The van der Waals surface area contributed by atoms with Gasteiger partial charge in [0.05, 0.1) is 11.4 Å². The molecule has 0 unspecified atom stereocenters. The summed E-state index contributed by atoms with van der Waals surface area (Å²) in [7, 11) is 0. The summed E-state index contributed by atoms with van der Waals surface area (Å²) in [4.78, 5) is 15.0. The molecule has 1 heterocycles. The van der Waals surface area contributed by atoms with Gasteiger partial charge < -0.3 is 20.2 Å². The summed E-state index contributed by atoms with van der Waals surface area (Å²) >= 11 is 0. The van der Waals surface area contributed by atoms with Crippen LogP contribution in [0.1, 0.15) is 38.2 Å². The van der Waals surface area contributed by atoms with Crippen LogP contribution < -0.4 is 15.8 Å². The maximum Gasteiger partial charge on any atom is 0.291 e. The van der Waals surface area contributed by atoms with Gasteiger partial charge in [0.15, 0.2) is 17.1 Å². The number of hydrogen-bond acceptors (Lipinski definition) is 5. The Morgan fingerprint density at radius 2 is 1.83 bits per heavy atom. The third-order valence-electron chi connectivity index (χ3n) is 4.87. The van der Waals surface area contributed by atoms with Gasteiger partial charge in [-0.15, -0.1) is 0 Å². The summed E-state index contributed by atoms with van der Waals surface area (Å²) in [5, 5.41) is 3.60. The maximum absolute atomic E-state index is 12.6. The summed E-state index contributed by atoms with van der Waals surface area (Å²) in [6.07, 6.45) is 0. The zero-order valence-corrected chi connectivity index (χ0v) is 17.4. The zero-order valence-electron chi connectivity index (χ0n) is 17.4. The highest BCUT2D eigenvalue weighted by Gasteiger charge is 2.17. The monoisotopic (exact) mass is 395 g/mol. The fourth-order valence-corrected chi connectivity index (χ4v) is 3.43. The highest BCUT2D eigenvalue weighted by molar-refractivity contribution is 6.06. The van der Waals surface area contributed by atoms with Crippen LogP contribution in [0.5, 0.6) is 5.75 Å². The van der Waals surface area contributed by atoms with Crippen LogP contribution in [0, 0.1) is 0 Å². The van der Waals surface area contributed by atoms with Crippen LogP contribution in [0.3, 0.4) is 0 Å². The molecule has 1 aromatic heterocycles. The molecule has 0 saturated carbocycles. The van der Waals surface area contributed by atoms with Gasteiger partial charge in [0.2, 0.25) is 0 Å². The Labute approximate surface area is 171 Å². The molecule has 1 amide bonds. The Morgan fingerprint density at radius 1 is 1.10 bits per heavy atom. The number of hydrogen-bond donors (Lipinski definition) is 2. The number of nitrogens with one attached hydrogen (secondary N) is 1. The summed E-state index contributed by atoms with van der Waals surface area (Å²) in [6.45, 7) is 10.1. The van der Waals surface area contributed by atoms with E-state index in [9.17, 15) is 4.79 Å². The van der Waals surface area contributed by atoms with E-state index in [1.165, 1.54) is 0 Å². The lowest BCUT2D eigenvalue weighted by Gasteiger charge is -2.30. The van der Waals surface area contributed by atoms with Gasteiger partial charge >= 0.3 is 0 Å². The standard InChI is InChI=1S/C23H29N3O3/c1-15(2)26(16(3)4)12-13-28-20-11-7-8-17-14-21(29-22(17)20)23(27)25-19-10-6-5-9-18(19)24/h5-11,14-16H,12-13,24H2,1-4H3,(H,25,27). The average Bonchev–Trinajstić information content (AvgIpc) is 3.11. The molecule has 0 aliphatic carbocycles. The first kappa shape index (κ1) is 20.7. The molecular weight excluding hydrogens is 366 g/mol. The van der Waals surface area contributed by atoms with E-state index in [1.807, 2.05) is 30.3 Å². The minimum absolute atomic E-state index is 0.213. The molecule has 29 heavy (non-hydrogen) atoms. The van der Waals surface area contributed by atoms with E-state index in [2.05, 4.69) is 37.9 Å². The smallest absolute Gasteiger partial charge is 0.291 e. The lowest BCUT2D eigenvalue weighted by Crippen LogP contribution is -2.39. The number of para-hydroxylation sites is 3. The van der Waals surface area contributed by atoms with Gasteiger partial charge in [0.25, 0.3) is 5.91 Å². The first-order chi connectivity index (χ1) is 13.9. The molecule has 3 rings (SSSR count). The van der Waals surface area contributed by atoms with Crippen molar-refractivity contribution in [3.05, 3.63) is 54.3 Å². The van der Waals surface area contributed by atoms with Gasteiger partial charge in [-0.3, -0.25) is 9.69 Å². The van der Waals surface area contributed by atoms with Crippen molar-refractivity contribution in [3.8, 4) is 5.75 Å². The van der Waals surface area contributed by atoms with Crippen molar-refractivity contribution in [2.45, 2.75) is 39.8 Å². The van der Waals surface area contributed by atoms with Gasteiger partial charge in [-0.25, -0.2) is 0 Å². The molecule has 0 spiro atoms. The first-order valence-corrected chi connectivity index (χ1v) is 9.93. The molecule has 6 nitrogen and oxygen atoms in total. The van der Waals surface area contributed by atoms with Crippen LogP contribution in [-0.4, -0.2) is 36.0 Å². The molecule has 0 atom stereocenters. The molecule has 0 radical (unpaired) electrons. The third-order valence-corrected chi connectivity index (χ3v) is 4.87. The summed E-state index contributed by atoms with van der Waals surface area (Å²) in [5.74, 6) is 0.495. The number of nitrogen functional groups attached to an aromatic ring is 1. The lowest BCUT2D eigenvalue weighted by atomic mass is 10.2. The number of carbonyl (C=O) groups is 1. The van der Waals surface area contributed by atoms with E-state index < -0.39 is 0 Å². The molecule has 154 valence electrons. The van der Waals surface area contributed by atoms with Gasteiger partial charge in [-0.1, -0.05) is 24.3 Å². The summed E-state index contributed by atoms with van der Waals surface area (Å²) in [6, 6.07) is 15.4. The molecule has 6 heteroatoms. The molecule has 0 aliphatic rings. The van der Waals surface area contributed by atoms with Crippen LogP contribution in [0.25, 0.3) is 11.0 Å². The molecular formula is C23H29N3O3. The van der Waals surface area contributed by atoms with Crippen molar-refractivity contribution < 1.29 is 13.9 Å². The Balaban J connectivity index is 1.73. The van der Waals surface area contributed by atoms with Crippen molar-refractivity contribution in [2.75, 3.05) is 24.2 Å². The average molecular weight is 396 g/mol. The normalized spacial score (nSPS) is 11.6. The number of furan rings is 1. The van der Waals surface area contributed by atoms with Crippen LogP contribution in [-0.2, 0) is 0 Å². The van der Waals surface area contributed by atoms with Gasteiger partial charge in [0, 0.05) is 24.0 Å². The second-order valence-electron chi connectivity index (χ2n) is 7.60. The number of ether oxygens (including phenoxy) is 1. The van der Waals surface area contributed by atoms with E-state index in [1.54, 1.807) is 18.2 Å². The quantitative estimate of drug-likeness (QED) is 0.537. The van der Waals surface area contributed by atoms with Crippen LogP contribution >= 0.6 is 0 Å². The Hall–Kier alpha value is -2.99. The molecule has 0 aliphatic heterocycles. The predicted molar refractivity (Wildman–Crippen MR) is 117 cm³/mol. The number of nitrogens with zero attached hydrogens (tertiary/aromatic N) is 1. The van der Waals surface area contributed by atoms with Crippen molar-refractivity contribution in [2.24, 2.45) is 0 Å². The third kappa shape index (κ3) is 4.90. The van der Waals surface area contributed by atoms with E-state index in [-0.39, 0.29) is 11.7 Å². The molecule has 3 aromatic rings. The molecule has 2 aromatic carbocycles. The molecule has 0 saturated heterocycles. The number of amides is 1. The minimum Gasteiger partial charge on any atom is -0.488 e. The lowest BCUT2D eigenvalue weighted by molar-refractivity contribution is 0.0998. The Kier molecular flexibility index (Phi) is 6.44. The van der Waals surface area contributed by atoms with Crippen LogP contribution in [0.4, 0.5) is 11.4 Å². The number of rotatable bonds is 8. The molecule has 0 bridgehead atoms. The van der Waals surface area contributed by atoms with E-state index in [4.69, 9.17) is 14.9 Å². The molecule has 3 N–H and O–H groups in total. The molecule has 0 fully saturated rings. The van der Waals surface area contributed by atoms with Gasteiger partial charge in [0.1, 0.15) is 6.61 Å². The highest BCUT2D eigenvalue weighted by atomic mass is 16.5. The second-order valence-corrected chi connectivity index (χ2v) is 7.60. The van der Waals surface area contributed by atoms with Crippen molar-refractivity contribution >= 4 is 28.3 Å². The predicted octanol–water partition coefficient (Wildman–Crippen LogP) is 4.76. The topological polar surface area (TPSA) is 80.7 Å². The number of carbonyl (C=O) groups excluding carboxylic acids is 1. The van der Waals surface area contributed by atoms with Crippen molar-refractivity contribution in [3.63, 3.8) is 0 Å². The van der Waals surface area contributed by atoms with E-state index in [0.717, 1.165) is 11.9 Å². The number of fused-ring (bicyclic) bond motifs is 1. The zero-order chi connectivity index (χ0) is 21.0. The van der Waals surface area contributed by atoms with Crippen LogP contribution in [0.15, 0.2) is 52.9 Å². The Morgan fingerprint density at radius 3 is 2.52 bits per heavy atom. The Bertz CT molecular complexity index is 970. The fraction of sp³-hybridized carbons (Fsp3) is 0.348. The van der Waals surface area contributed by atoms with Gasteiger partial charge in [-0.2, -0.15) is 0 Å². The first-order valence-electron chi connectivity index (χ1n) is 9.93. The number of nitrogens with two attached hydrogens (primary N) is 1. The van der Waals surface area contributed by atoms with E-state index >= 15 is 0 Å². The van der Waals surface area contributed by atoms with Crippen molar-refractivity contribution in [1.29, 1.82) is 0 Å². The highest BCUT2D eigenvalue weighted by Crippen LogP contribution is 2.29. The maximum atomic E-state index is 12.6. The summed E-state index contributed by atoms with van der Waals surface area (Å²) < 4.78 is 11.8. The second kappa shape index (κ2) is 9.01. The fourth-order valence-electron chi connectivity index (χ4n) is 3.43. The largest absolute Gasteiger partial charge is 0.488 e. The minimum atomic E-state index is -0.351.